The van der Waals surface area contributed by atoms with Gasteiger partial charge in [0.1, 0.15) is 0 Å². The number of nitrogens with zero attached hydrogens (tertiary/aromatic N) is 1. The van der Waals surface area contributed by atoms with E-state index in [1.165, 1.54) is 0 Å². The van der Waals surface area contributed by atoms with Gasteiger partial charge in [0.2, 0.25) is 0 Å². The van der Waals surface area contributed by atoms with Crippen molar-refractivity contribution in [3.63, 3.8) is 0 Å². The molecule has 0 amide bonds. The molecular formula is C5H12NNaO. The van der Waals surface area contributed by atoms with E-state index in [9.17, 15) is 5.21 Å². The Morgan fingerprint density at radius 2 is 2.00 bits per heavy atom. The first-order valence-corrected chi connectivity index (χ1v) is 2.21. The molecule has 0 saturated carbocycles. The molecule has 8 heavy (non-hydrogen) atoms. The van der Waals surface area contributed by atoms with Crippen LogP contribution in [-0.2, 0) is 0 Å². The van der Waals surface area contributed by atoms with E-state index < -0.39 is 0 Å². The Balaban J connectivity index is 0. The van der Waals surface area contributed by atoms with Crippen molar-refractivity contribution in [1.29, 1.82) is 0 Å². The van der Waals surface area contributed by atoms with Crippen LogP contribution < -0.4 is 0 Å². The molecule has 0 saturated heterocycles. The second kappa shape index (κ2) is 4.53. The maximum absolute atomic E-state index is 10.6. The predicted octanol–water partition coefficient (Wildman–Crippen LogP) is 0.0981. The summed E-state index contributed by atoms with van der Waals surface area (Å²) < 4.78 is -0.274. The van der Waals surface area contributed by atoms with Crippen LogP contribution in [0.15, 0.2) is 12.7 Å². The summed E-state index contributed by atoms with van der Waals surface area (Å²) in [5, 5.41) is 10.6. The summed E-state index contributed by atoms with van der Waals surface area (Å²) >= 11 is 0. The average Bonchev–Trinajstić information content (AvgIpc) is 1.30. The molecule has 0 aromatic rings. The van der Waals surface area contributed by atoms with Crippen molar-refractivity contribution in [2.45, 2.75) is 0 Å². The second-order valence-corrected chi connectivity index (χ2v) is 2.05. The molecule has 0 bridgehead atoms. The third kappa shape index (κ3) is 9.83. The second-order valence-electron chi connectivity index (χ2n) is 2.05. The Morgan fingerprint density at radius 3 is 2.00 bits per heavy atom. The van der Waals surface area contributed by atoms with E-state index in [0.717, 1.165) is 0 Å². The van der Waals surface area contributed by atoms with Gasteiger partial charge in [0, 0.05) is 0 Å². The zero-order chi connectivity index (χ0) is 5.91. The van der Waals surface area contributed by atoms with Crippen LogP contribution in [0.1, 0.15) is 0 Å². The van der Waals surface area contributed by atoms with Gasteiger partial charge in [0.25, 0.3) is 0 Å². The quantitative estimate of drug-likeness (QED) is 0.222. The number of hydrogen-bond acceptors (Lipinski definition) is 1. The Kier molecular flexibility index (Phi) is 6.49. The molecule has 0 aliphatic carbocycles. The van der Waals surface area contributed by atoms with E-state index in [4.69, 9.17) is 0 Å². The maximum atomic E-state index is 10.6. The number of likely N-dealkylation sites (N-methyl/N-ethyl adjacent to an activating group) is 1. The van der Waals surface area contributed by atoms with Gasteiger partial charge >= 0.3 is 29.6 Å². The molecule has 0 rings (SSSR count). The number of hydrogen-bond donors (Lipinski definition) is 0. The summed E-state index contributed by atoms with van der Waals surface area (Å²) in [6, 6.07) is 0. The third-order valence-corrected chi connectivity index (χ3v) is 0.569. The number of hydroxylamine groups is 3. The molecule has 0 heterocycles. The molecule has 0 aliphatic heterocycles. The Labute approximate surface area is 72.6 Å². The van der Waals surface area contributed by atoms with Gasteiger partial charge in [-0.3, -0.25) is 0 Å². The first kappa shape index (κ1) is 11.5. The molecule has 0 spiro atoms. The van der Waals surface area contributed by atoms with Crippen LogP contribution in [0.5, 0.6) is 0 Å². The normalized spacial score (nSPS) is 9.88. The minimum atomic E-state index is -0.274. The van der Waals surface area contributed by atoms with Crippen LogP contribution in [0.4, 0.5) is 0 Å². The zero-order valence-electron chi connectivity index (χ0n) is 4.85. The molecule has 0 unspecified atom stereocenters. The van der Waals surface area contributed by atoms with Gasteiger partial charge in [-0.05, 0) is 6.08 Å². The van der Waals surface area contributed by atoms with Crippen molar-refractivity contribution in [1.82, 2.24) is 0 Å². The number of quaternary nitrogens is 1. The van der Waals surface area contributed by atoms with Crippen molar-refractivity contribution >= 4 is 29.6 Å². The van der Waals surface area contributed by atoms with Gasteiger partial charge in [0.05, 0.1) is 20.6 Å². The van der Waals surface area contributed by atoms with Crippen molar-refractivity contribution in [3.05, 3.63) is 17.9 Å². The molecule has 0 fully saturated rings. The van der Waals surface area contributed by atoms with Crippen LogP contribution in [-0.4, -0.2) is 54.8 Å². The minimum absolute atomic E-state index is 0. The van der Waals surface area contributed by atoms with Crippen LogP contribution in [0.25, 0.3) is 0 Å². The molecule has 0 aliphatic rings. The van der Waals surface area contributed by atoms with Crippen LogP contribution >= 0.6 is 0 Å². The fraction of sp³-hybridized carbons (Fsp3) is 0.600. The van der Waals surface area contributed by atoms with Crippen molar-refractivity contribution in [2.24, 2.45) is 0 Å². The summed E-state index contributed by atoms with van der Waals surface area (Å²) in [7, 11) is 3.17. The zero-order valence-corrected chi connectivity index (χ0v) is 4.85. The summed E-state index contributed by atoms with van der Waals surface area (Å²) in [5.41, 5.74) is 0. The Bertz CT molecular complexity index is 67.3. The van der Waals surface area contributed by atoms with Gasteiger partial charge in [-0.15, -0.1) is 0 Å². The molecule has 44 valence electrons. The van der Waals surface area contributed by atoms with Gasteiger partial charge < -0.3 is 9.85 Å². The Hall–Kier alpha value is 0.660. The SMILES string of the molecule is C=CC[N+](C)(C)[O-].[NaH]. The van der Waals surface area contributed by atoms with Gasteiger partial charge in [0.15, 0.2) is 0 Å². The van der Waals surface area contributed by atoms with Crippen LogP contribution in [0.3, 0.4) is 0 Å². The average molecular weight is 125 g/mol. The van der Waals surface area contributed by atoms with Gasteiger partial charge in [-0.1, -0.05) is 6.58 Å². The predicted molar refractivity (Wildman–Crippen MR) is 37.7 cm³/mol. The van der Waals surface area contributed by atoms with E-state index in [-0.39, 0.29) is 34.2 Å². The van der Waals surface area contributed by atoms with Crippen molar-refractivity contribution < 1.29 is 4.65 Å². The monoisotopic (exact) mass is 125 g/mol. The van der Waals surface area contributed by atoms with E-state index in [0.29, 0.717) is 6.54 Å². The summed E-state index contributed by atoms with van der Waals surface area (Å²) in [6.07, 6.45) is 1.62. The molecule has 0 aromatic heterocycles. The third-order valence-electron chi connectivity index (χ3n) is 0.569. The van der Waals surface area contributed by atoms with E-state index in [2.05, 4.69) is 6.58 Å². The first-order chi connectivity index (χ1) is 3.06. The summed E-state index contributed by atoms with van der Waals surface area (Å²) in [4.78, 5) is 0. The Morgan fingerprint density at radius 1 is 1.62 bits per heavy atom. The van der Waals surface area contributed by atoms with E-state index in [1.54, 1.807) is 20.2 Å². The van der Waals surface area contributed by atoms with E-state index in [1.807, 2.05) is 0 Å². The standard InChI is InChI=1S/C5H11NO.Na.H/c1-4-5-6(2,3)7;;/h4H,1,5H2,2-3H3;;. The molecule has 2 nitrogen and oxygen atoms in total. The topological polar surface area (TPSA) is 23.1 Å². The molecule has 3 heteroatoms. The van der Waals surface area contributed by atoms with Crippen molar-refractivity contribution in [2.75, 3.05) is 20.6 Å². The fourth-order valence-electron chi connectivity index (χ4n) is 0.311. The van der Waals surface area contributed by atoms with Crippen molar-refractivity contribution in [3.8, 4) is 0 Å². The molecule has 0 atom stereocenters. The van der Waals surface area contributed by atoms with E-state index >= 15 is 0 Å². The molecular weight excluding hydrogens is 113 g/mol. The molecule has 0 radical (unpaired) electrons. The first-order valence-electron chi connectivity index (χ1n) is 2.21. The molecule has 0 aromatic carbocycles. The fourth-order valence-corrected chi connectivity index (χ4v) is 0.311. The van der Waals surface area contributed by atoms with Crippen LogP contribution in [0, 0.1) is 5.21 Å². The van der Waals surface area contributed by atoms with Gasteiger partial charge in [-0.25, -0.2) is 0 Å². The summed E-state index contributed by atoms with van der Waals surface area (Å²) in [5.74, 6) is 0. The van der Waals surface area contributed by atoms with Gasteiger partial charge in [-0.2, -0.15) is 0 Å². The number of rotatable bonds is 2. The summed E-state index contributed by atoms with van der Waals surface area (Å²) in [6.45, 7) is 3.92. The molecule has 0 N–H and O–H groups in total. The van der Waals surface area contributed by atoms with Crippen LogP contribution in [0.2, 0.25) is 0 Å².